The van der Waals surface area contributed by atoms with Gasteiger partial charge in [0, 0.05) is 29.1 Å². The van der Waals surface area contributed by atoms with Gasteiger partial charge in [0.15, 0.2) is 0 Å². The van der Waals surface area contributed by atoms with Crippen molar-refractivity contribution >= 4 is 39.5 Å². The lowest BCUT2D eigenvalue weighted by Crippen LogP contribution is -2.34. The standard InChI is InChI=1S/C13H23BrN4S2/c1-15-12(11-9-19-6-7-20-11)13-10(14)8-16-18(13)5-4-17(2)3/h8,11-12,15H,4-7,9H2,1-3H3. The minimum atomic E-state index is 0.354. The summed E-state index contributed by atoms with van der Waals surface area (Å²) in [6, 6.07) is 0.354. The third kappa shape index (κ3) is 4.16. The highest BCUT2D eigenvalue weighted by Gasteiger charge is 2.29. The maximum atomic E-state index is 4.54. The van der Waals surface area contributed by atoms with Gasteiger partial charge in [-0.1, -0.05) is 0 Å². The fraction of sp³-hybridized carbons (Fsp3) is 0.769. The predicted octanol–water partition coefficient (Wildman–Crippen LogP) is 2.32. The molecule has 1 fully saturated rings. The zero-order valence-electron chi connectivity index (χ0n) is 12.3. The van der Waals surface area contributed by atoms with Crippen LogP contribution in [0.5, 0.6) is 0 Å². The van der Waals surface area contributed by atoms with Gasteiger partial charge in [0.25, 0.3) is 0 Å². The predicted molar refractivity (Wildman–Crippen MR) is 93.9 cm³/mol. The minimum Gasteiger partial charge on any atom is -0.311 e. The molecule has 1 N–H and O–H groups in total. The fourth-order valence-corrected chi connectivity index (χ4v) is 5.78. The number of nitrogens with one attached hydrogen (secondary N) is 1. The van der Waals surface area contributed by atoms with Crippen LogP contribution in [0.25, 0.3) is 0 Å². The summed E-state index contributed by atoms with van der Waals surface area (Å²) >= 11 is 7.82. The second-order valence-corrected chi connectivity index (χ2v) is 8.51. The summed E-state index contributed by atoms with van der Waals surface area (Å²) in [5, 5.41) is 8.66. The molecule has 0 aromatic carbocycles. The van der Waals surface area contributed by atoms with Crippen LogP contribution in [0.15, 0.2) is 10.7 Å². The van der Waals surface area contributed by atoms with Gasteiger partial charge in [-0.15, -0.1) is 0 Å². The number of thioether (sulfide) groups is 2. The van der Waals surface area contributed by atoms with Crippen molar-refractivity contribution in [2.45, 2.75) is 17.8 Å². The van der Waals surface area contributed by atoms with Crippen LogP contribution in [0.4, 0.5) is 0 Å². The molecule has 0 aliphatic carbocycles. The summed E-state index contributed by atoms with van der Waals surface area (Å²) in [5.41, 5.74) is 1.29. The van der Waals surface area contributed by atoms with Crippen LogP contribution >= 0.6 is 39.5 Å². The first kappa shape index (κ1) is 16.7. The molecule has 2 rings (SSSR count). The van der Waals surface area contributed by atoms with E-state index in [-0.39, 0.29) is 0 Å². The van der Waals surface area contributed by atoms with Crippen LogP contribution in [0.2, 0.25) is 0 Å². The van der Waals surface area contributed by atoms with Gasteiger partial charge in [-0.05, 0) is 37.1 Å². The summed E-state index contributed by atoms with van der Waals surface area (Å²) in [6.07, 6.45) is 1.93. The van der Waals surface area contributed by atoms with Crippen molar-refractivity contribution in [1.29, 1.82) is 0 Å². The smallest absolute Gasteiger partial charge is 0.0707 e. The molecular formula is C13H23BrN4S2. The maximum Gasteiger partial charge on any atom is 0.0707 e. The second-order valence-electron chi connectivity index (χ2n) is 5.15. The maximum absolute atomic E-state index is 4.54. The number of hydrogen-bond acceptors (Lipinski definition) is 5. The van der Waals surface area contributed by atoms with E-state index >= 15 is 0 Å². The van der Waals surface area contributed by atoms with Crippen LogP contribution in [0, 0.1) is 0 Å². The summed E-state index contributed by atoms with van der Waals surface area (Å²) in [4.78, 5) is 2.19. The van der Waals surface area contributed by atoms with Crippen molar-refractivity contribution in [2.75, 3.05) is 44.9 Å². The molecule has 0 bridgehead atoms. The van der Waals surface area contributed by atoms with E-state index in [1.807, 2.05) is 6.20 Å². The van der Waals surface area contributed by atoms with E-state index in [0.717, 1.165) is 17.6 Å². The van der Waals surface area contributed by atoms with Crippen LogP contribution in [0.3, 0.4) is 0 Å². The first-order chi connectivity index (χ1) is 9.63. The summed E-state index contributed by atoms with van der Waals surface area (Å²) in [6.45, 7) is 1.93. The van der Waals surface area contributed by atoms with E-state index in [1.165, 1.54) is 23.0 Å². The number of aromatic nitrogens is 2. The van der Waals surface area contributed by atoms with E-state index in [2.05, 4.69) is 80.6 Å². The zero-order valence-corrected chi connectivity index (χ0v) is 15.5. The molecule has 1 aliphatic rings. The van der Waals surface area contributed by atoms with E-state index < -0.39 is 0 Å². The zero-order chi connectivity index (χ0) is 14.5. The third-order valence-electron chi connectivity index (χ3n) is 3.41. The SMILES string of the molecule is CNC(c1c(Br)cnn1CCN(C)C)C1CSCCS1. The van der Waals surface area contributed by atoms with Crippen molar-refractivity contribution in [3.05, 3.63) is 16.4 Å². The average Bonchev–Trinajstić information content (AvgIpc) is 2.80. The van der Waals surface area contributed by atoms with Crippen molar-refractivity contribution in [1.82, 2.24) is 20.0 Å². The number of hydrogen-bond donors (Lipinski definition) is 1. The Morgan fingerprint density at radius 1 is 1.55 bits per heavy atom. The molecule has 1 aliphatic heterocycles. The summed E-state index contributed by atoms with van der Waals surface area (Å²) in [5.74, 6) is 3.73. The molecule has 1 aromatic heterocycles. The van der Waals surface area contributed by atoms with Gasteiger partial charge in [0.05, 0.1) is 29.0 Å². The first-order valence-corrected chi connectivity index (χ1v) is 9.85. The van der Waals surface area contributed by atoms with Gasteiger partial charge in [-0.2, -0.15) is 28.6 Å². The van der Waals surface area contributed by atoms with E-state index in [4.69, 9.17) is 0 Å². The molecule has 1 aromatic rings. The van der Waals surface area contributed by atoms with Gasteiger partial charge in [-0.25, -0.2) is 0 Å². The molecule has 2 atom stereocenters. The van der Waals surface area contributed by atoms with Crippen LogP contribution in [-0.2, 0) is 6.54 Å². The van der Waals surface area contributed by atoms with E-state index in [1.54, 1.807) is 0 Å². The van der Waals surface area contributed by atoms with E-state index in [0.29, 0.717) is 11.3 Å². The Bertz CT molecular complexity index is 419. The first-order valence-electron chi connectivity index (χ1n) is 6.86. The number of halogens is 1. The highest BCUT2D eigenvalue weighted by atomic mass is 79.9. The lowest BCUT2D eigenvalue weighted by atomic mass is 10.1. The van der Waals surface area contributed by atoms with Crippen molar-refractivity contribution in [3.63, 3.8) is 0 Å². The number of likely N-dealkylation sites (N-methyl/N-ethyl adjacent to an activating group) is 1. The van der Waals surface area contributed by atoms with E-state index in [9.17, 15) is 0 Å². The van der Waals surface area contributed by atoms with Gasteiger partial charge in [0.1, 0.15) is 0 Å². The molecule has 0 saturated carbocycles. The lowest BCUT2D eigenvalue weighted by Gasteiger charge is -2.30. The molecule has 2 heterocycles. The monoisotopic (exact) mass is 378 g/mol. The Morgan fingerprint density at radius 3 is 2.95 bits per heavy atom. The molecular weight excluding hydrogens is 356 g/mol. The van der Waals surface area contributed by atoms with Gasteiger partial charge in [0.2, 0.25) is 0 Å². The minimum absolute atomic E-state index is 0.354. The molecule has 7 heteroatoms. The molecule has 0 amide bonds. The Morgan fingerprint density at radius 2 is 2.35 bits per heavy atom. The highest BCUT2D eigenvalue weighted by Crippen LogP contribution is 2.36. The van der Waals surface area contributed by atoms with Crippen LogP contribution in [0.1, 0.15) is 11.7 Å². The van der Waals surface area contributed by atoms with Crippen LogP contribution in [-0.4, -0.2) is 64.9 Å². The third-order valence-corrected chi connectivity index (χ3v) is 6.89. The van der Waals surface area contributed by atoms with Crippen molar-refractivity contribution < 1.29 is 0 Å². The Balaban J connectivity index is 2.17. The van der Waals surface area contributed by atoms with Crippen molar-refractivity contribution in [3.8, 4) is 0 Å². The Hall–Kier alpha value is 0.310. The average molecular weight is 379 g/mol. The Kier molecular flexibility index (Phi) is 6.74. The molecule has 20 heavy (non-hydrogen) atoms. The molecule has 1 saturated heterocycles. The Labute approximate surface area is 138 Å². The van der Waals surface area contributed by atoms with Crippen molar-refractivity contribution in [2.24, 2.45) is 0 Å². The summed E-state index contributed by atoms with van der Waals surface area (Å²) < 4.78 is 3.26. The largest absolute Gasteiger partial charge is 0.311 e. The lowest BCUT2D eigenvalue weighted by molar-refractivity contribution is 0.363. The highest BCUT2D eigenvalue weighted by molar-refractivity contribution is 9.10. The second kappa shape index (κ2) is 8.08. The fourth-order valence-electron chi connectivity index (χ4n) is 2.35. The molecule has 0 spiro atoms. The number of rotatable bonds is 6. The van der Waals surface area contributed by atoms with Crippen LogP contribution < -0.4 is 5.32 Å². The molecule has 0 radical (unpaired) electrons. The summed E-state index contributed by atoms with van der Waals surface area (Å²) in [7, 11) is 6.25. The molecule has 4 nitrogen and oxygen atoms in total. The topological polar surface area (TPSA) is 33.1 Å². The normalized spacial score (nSPS) is 21.4. The van der Waals surface area contributed by atoms with Gasteiger partial charge < -0.3 is 10.2 Å². The molecule has 2 unspecified atom stereocenters. The van der Waals surface area contributed by atoms with Gasteiger partial charge in [-0.3, -0.25) is 4.68 Å². The number of nitrogens with zero attached hydrogens (tertiary/aromatic N) is 3. The van der Waals surface area contributed by atoms with Gasteiger partial charge >= 0.3 is 0 Å². The quantitative estimate of drug-likeness (QED) is 0.820. The molecule has 114 valence electrons.